The maximum atomic E-state index is 14.7. The molecule has 168 valence electrons. The van der Waals surface area contributed by atoms with E-state index < -0.39 is 11.6 Å². The molecule has 0 atom stereocenters. The van der Waals surface area contributed by atoms with Crippen LogP contribution in [0.15, 0.2) is 36.9 Å². The number of allylic oxidation sites excluding steroid dienone is 1. The Hall–Kier alpha value is -1.90. The van der Waals surface area contributed by atoms with Gasteiger partial charge in [-0.1, -0.05) is 31.1 Å². The molecule has 0 aliphatic heterocycles. The zero-order valence-corrected chi connectivity index (χ0v) is 18.8. The molecule has 0 heterocycles. The first-order valence-electron chi connectivity index (χ1n) is 12.3. The molecule has 0 radical (unpaired) electrons. The number of fused-ring (bicyclic) bond motifs is 1. The summed E-state index contributed by atoms with van der Waals surface area (Å²) in [6.45, 7) is 5.95. The summed E-state index contributed by atoms with van der Waals surface area (Å²) in [6.07, 6.45) is 14.9. The van der Waals surface area contributed by atoms with E-state index in [9.17, 15) is 8.78 Å². The van der Waals surface area contributed by atoms with Crippen molar-refractivity contribution in [3.8, 4) is 5.75 Å². The van der Waals surface area contributed by atoms with Crippen molar-refractivity contribution >= 4 is 10.8 Å². The second kappa shape index (κ2) is 10.1. The van der Waals surface area contributed by atoms with Crippen molar-refractivity contribution in [3.05, 3.63) is 54.1 Å². The summed E-state index contributed by atoms with van der Waals surface area (Å²) in [7, 11) is 0. The number of benzene rings is 2. The lowest BCUT2D eigenvalue weighted by Gasteiger charge is -2.38. The largest absolute Gasteiger partial charge is 0.491 e. The van der Waals surface area contributed by atoms with Gasteiger partial charge in [-0.15, -0.1) is 6.58 Å². The van der Waals surface area contributed by atoms with E-state index in [1.54, 1.807) is 13.0 Å². The molecule has 0 unspecified atom stereocenters. The Morgan fingerprint density at radius 1 is 0.935 bits per heavy atom. The van der Waals surface area contributed by atoms with Crippen LogP contribution in [0.5, 0.6) is 5.75 Å². The lowest BCUT2D eigenvalue weighted by molar-refractivity contribution is 0.157. The van der Waals surface area contributed by atoms with E-state index in [-0.39, 0.29) is 5.75 Å². The van der Waals surface area contributed by atoms with Crippen molar-refractivity contribution in [3.63, 3.8) is 0 Å². The molecular formula is C28H36F2O. The molecule has 2 fully saturated rings. The zero-order valence-electron chi connectivity index (χ0n) is 18.8. The fourth-order valence-electron chi connectivity index (χ4n) is 6.06. The molecule has 4 rings (SSSR count). The van der Waals surface area contributed by atoms with Gasteiger partial charge >= 0.3 is 0 Å². The summed E-state index contributed by atoms with van der Waals surface area (Å²) in [5.74, 6) is 1.44. The number of rotatable bonds is 7. The molecule has 0 bridgehead atoms. The highest BCUT2D eigenvalue weighted by molar-refractivity contribution is 5.85. The monoisotopic (exact) mass is 426 g/mol. The van der Waals surface area contributed by atoms with E-state index in [2.05, 4.69) is 18.7 Å². The number of hydrogen-bond donors (Lipinski definition) is 0. The highest BCUT2D eigenvalue weighted by Crippen LogP contribution is 2.45. The first kappa shape index (κ1) is 22.3. The average Bonchev–Trinajstić information content (AvgIpc) is 2.81. The molecule has 0 N–H and O–H groups in total. The minimum absolute atomic E-state index is 0.0000264. The average molecular weight is 427 g/mol. The molecule has 2 aromatic carbocycles. The van der Waals surface area contributed by atoms with Crippen molar-refractivity contribution < 1.29 is 13.5 Å². The molecule has 2 aromatic rings. The van der Waals surface area contributed by atoms with Crippen LogP contribution in [0.2, 0.25) is 0 Å². The fourth-order valence-corrected chi connectivity index (χ4v) is 6.06. The van der Waals surface area contributed by atoms with Crippen LogP contribution in [0.1, 0.15) is 82.6 Å². The van der Waals surface area contributed by atoms with Gasteiger partial charge in [0.2, 0.25) is 5.82 Å². The number of halogens is 2. The third-order valence-electron chi connectivity index (χ3n) is 7.89. The quantitative estimate of drug-likeness (QED) is 0.403. The van der Waals surface area contributed by atoms with Gasteiger partial charge in [0.15, 0.2) is 11.6 Å². The molecule has 0 saturated heterocycles. The minimum atomic E-state index is -0.876. The zero-order chi connectivity index (χ0) is 21.8. The van der Waals surface area contributed by atoms with Crippen molar-refractivity contribution in [2.75, 3.05) is 6.61 Å². The summed E-state index contributed by atoms with van der Waals surface area (Å²) in [4.78, 5) is 0. The number of hydrogen-bond acceptors (Lipinski definition) is 1. The molecule has 2 saturated carbocycles. The maximum absolute atomic E-state index is 14.7. The highest BCUT2D eigenvalue weighted by Gasteiger charge is 2.31. The second-order valence-corrected chi connectivity index (χ2v) is 9.67. The van der Waals surface area contributed by atoms with Gasteiger partial charge < -0.3 is 4.74 Å². The van der Waals surface area contributed by atoms with Gasteiger partial charge in [-0.3, -0.25) is 0 Å². The summed E-state index contributed by atoms with van der Waals surface area (Å²) >= 11 is 0. The van der Waals surface area contributed by atoms with Crippen LogP contribution in [0, 0.1) is 29.4 Å². The lowest BCUT2D eigenvalue weighted by Crippen LogP contribution is -2.25. The normalized spacial score (nSPS) is 26.7. The van der Waals surface area contributed by atoms with Gasteiger partial charge in [0.05, 0.1) is 6.61 Å². The van der Waals surface area contributed by atoms with Crippen molar-refractivity contribution in [2.24, 2.45) is 17.8 Å². The molecular weight excluding hydrogens is 390 g/mol. The molecule has 0 spiro atoms. The van der Waals surface area contributed by atoms with E-state index in [1.807, 2.05) is 12.1 Å². The fraction of sp³-hybridized carbons (Fsp3) is 0.571. The Balaban J connectivity index is 1.38. The predicted molar refractivity (Wildman–Crippen MR) is 125 cm³/mol. The molecule has 0 amide bonds. The standard InChI is InChI=1S/C28H36F2O/c1-3-5-6-19-7-9-20(10-8-19)21-11-13-22(14-12-21)23-15-16-24-18-26(31-4-2)28(30)27(29)25(24)17-23/h3,15-22H,1,4-14H2,2H3. The van der Waals surface area contributed by atoms with Crippen LogP contribution in [0.25, 0.3) is 10.8 Å². The SMILES string of the molecule is C=CCCC1CCC(C2CCC(c3ccc4cc(OCC)c(F)c(F)c4c3)CC2)CC1. The first-order chi connectivity index (χ1) is 15.1. The molecule has 0 aromatic heterocycles. The van der Waals surface area contributed by atoms with Gasteiger partial charge in [0, 0.05) is 5.39 Å². The van der Waals surface area contributed by atoms with Gasteiger partial charge in [-0.25, -0.2) is 4.39 Å². The first-order valence-corrected chi connectivity index (χ1v) is 12.3. The smallest absolute Gasteiger partial charge is 0.201 e. The van der Waals surface area contributed by atoms with Crippen molar-refractivity contribution in [1.82, 2.24) is 0 Å². The van der Waals surface area contributed by atoms with E-state index in [4.69, 9.17) is 4.74 Å². The Morgan fingerprint density at radius 2 is 1.61 bits per heavy atom. The minimum Gasteiger partial charge on any atom is -0.491 e. The van der Waals surface area contributed by atoms with Crippen LogP contribution in [0.4, 0.5) is 8.78 Å². The van der Waals surface area contributed by atoms with Gasteiger partial charge in [0.1, 0.15) is 0 Å². The second-order valence-electron chi connectivity index (χ2n) is 9.67. The molecule has 1 nitrogen and oxygen atoms in total. The van der Waals surface area contributed by atoms with E-state index in [0.717, 1.165) is 42.6 Å². The maximum Gasteiger partial charge on any atom is 0.201 e. The van der Waals surface area contributed by atoms with Gasteiger partial charge in [0.25, 0.3) is 0 Å². The van der Waals surface area contributed by atoms with Crippen LogP contribution < -0.4 is 4.74 Å². The molecule has 2 aliphatic rings. The third-order valence-corrected chi connectivity index (χ3v) is 7.89. The van der Waals surface area contributed by atoms with Crippen LogP contribution >= 0.6 is 0 Å². The van der Waals surface area contributed by atoms with Gasteiger partial charge in [-0.05, 0) is 105 Å². The van der Waals surface area contributed by atoms with Crippen molar-refractivity contribution in [2.45, 2.75) is 77.0 Å². The van der Waals surface area contributed by atoms with Crippen LogP contribution in [-0.2, 0) is 0 Å². The summed E-state index contributed by atoms with van der Waals surface area (Å²) in [5.41, 5.74) is 1.15. The van der Waals surface area contributed by atoms with E-state index >= 15 is 0 Å². The highest BCUT2D eigenvalue weighted by atomic mass is 19.2. The number of ether oxygens (including phenoxy) is 1. The Kier molecular flexibility index (Phi) is 7.30. The van der Waals surface area contributed by atoms with Gasteiger partial charge in [-0.2, -0.15) is 4.39 Å². The lowest BCUT2D eigenvalue weighted by atomic mass is 9.68. The van der Waals surface area contributed by atoms with E-state index in [1.165, 1.54) is 44.9 Å². The van der Waals surface area contributed by atoms with Crippen molar-refractivity contribution in [1.29, 1.82) is 0 Å². The Labute approximate surface area is 185 Å². The summed E-state index contributed by atoms with van der Waals surface area (Å²) < 4.78 is 34.3. The Bertz CT molecular complexity index is 890. The third kappa shape index (κ3) is 4.96. The van der Waals surface area contributed by atoms with E-state index in [0.29, 0.717) is 23.3 Å². The van der Waals surface area contributed by atoms with Crippen LogP contribution in [0.3, 0.4) is 0 Å². The summed E-state index contributed by atoms with van der Waals surface area (Å²) in [5, 5.41) is 1.08. The van der Waals surface area contributed by atoms with Crippen LogP contribution in [-0.4, -0.2) is 6.61 Å². The summed E-state index contributed by atoms with van der Waals surface area (Å²) in [6, 6.07) is 7.51. The molecule has 2 aliphatic carbocycles. The molecule has 31 heavy (non-hydrogen) atoms. The topological polar surface area (TPSA) is 9.23 Å². The Morgan fingerprint density at radius 3 is 2.26 bits per heavy atom. The predicted octanol–water partition coefficient (Wildman–Crippen LogP) is 8.56. The molecule has 3 heteroatoms.